The minimum atomic E-state index is -3.92. The maximum atomic E-state index is 13.8. The van der Waals surface area contributed by atoms with Crippen LogP contribution in [0.25, 0.3) is 0 Å². The molecule has 2 N–H and O–H groups in total. The number of hydrogen-bond donors (Lipinski definition) is 2. The second-order valence-corrected chi connectivity index (χ2v) is 6.28. The van der Waals surface area contributed by atoms with E-state index in [1.165, 1.54) is 17.6 Å². The van der Waals surface area contributed by atoms with E-state index < -0.39 is 15.8 Å². The van der Waals surface area contributed by atoms with Crippen molar-refractivity contribution in [2.75, 3.05) is 11.3 Å². The largest absolute Gasteiger partial charge is 0.395 e. The van der Waals surface area contributed by atoms with Gasteiger partial charge in [-0.05, 0) is 18.2 Å². The Labute approximate surface area is 124 Å². The zero-order chi connectivity index (χ0) is 15.3. The number of halogens is 1. The molecule has 21 heavy (non-hydrogen) atoms. The van der Waals surface area contributed by atoms with Gasteiger partial charge in [-0.2, -0.15) is 0 Å². The molecule has 0 radical (unpaired) electrons. The van der Waals surface area contributed by atoms with Crippen LogP contribution in [0.2, 0.25) is 0 Å². The van der Waals surface area contributed by atoms with Crippen LogP contribution in [0.15, 0.2) is 28.6 Å². The second kappa shape index (κ2) is 6.62. The monoisotopic (exact) mass is 327 g/mol. The Morgan fingerprint density at radius 3 is 2.86 bits per heavy atom. The molecule has 2 rings (SSSR count). The molecule has 110 valence electrons. The minimum Gasteiger partial charge on any atom is -0.395 e. The van der Waals surface area contributed by atoms with Crippen LogP contribution in [-0.4, -0.2) is 30.3 Å². The normalized spacial score (nSPS) is 10.8. The fraction of sp³-hybridized carbons (Fsp3) is 0.167. The Bertz CT molecular complexity index is 780. The molecule has 0 bridgehead atoms. The van der Waals surface area contributed by atoms with E-state index >= 15 is 0 Å². The molecule has 1 heterocycles. The fourth-order valence-corrected chi connectivity index (χ4v) is 3.07. The zero-order valence-electron chi connectivity index (χ0n) is 10.6. The van der Waals surface area contributed by atoms with Crippen LogP contribution in [0.1, 0.15) is 12.0 Å². The van der Waals surface area contributed by atoms with Gasteiger partial charge in [-0.1, -0.05) is 23.2 Å². The standard InChI is InChI=1S/C12H10FN3O3S2/c13-11-7-10(5-4-9(11)3-1-2-6-17)21(18,19)16-12-15-14-8-20-12/h4-5,7-8,17H,2,6H2,(H,15,16). The number of nitrogens with one attached hydrogen (secondary N) is 1. The Balaban J connectivity index is 2.25. The summed E-state index contributed by atoms with van der Waals surface area (Å²) in [7, 11) is -3.92. The van der Waals surface area contributed by atoms with Gasteiger partial charge in [0.05, 0.1) is 17.1 Å². The molecular formula is C12H10FN3O3S2. The van der Waals surface area contributed by atoms with Crippen molar-refractivity contribution in [3.8, 4) is 11.8 Å². The summed E-state index contributed by atoms with van der Waals surface area (Å²) in [6.45, 7) is -0.118. The van der Waals surface area contributed by atoms with Gasteiger partial charge in [0.25, 0.3) is 10.0 Å². The lowest BCUT2D eigenvalue weighted by Crippen LogP contribution is -2.13. The van der Waals surface area contributed by atoms with Crippen molar-refractivity contribution in [3.05, 3.63) is 35.1 Å². The summed E-state index contributed by atoms with van der Waals surface area (Å²) < 4.78 is 40.0. The first-order valence-corrected chi connectivity index (χ1v) is 8.07. The summed E-state index contributed by atoms with van der Waals surface area (Å²) in [6.07, 6.45) is 0.220. The van der Waals surface area contributed by atoms with Gasteiger partial charge in [0.2, 0.25) is 5.13 Å². The number of hydrogen-bond acceptors (Lipinski definition) is 6. The Hall–Kier alpha value is -2.02. The van der Waals surface area contributed by atoms with Gasteiger partial charge in [-0.15, -0.1) is 10.2 Å². The van der Waals surface area contributed by atoms with Crippen LogP contribution >= 0.6 is 11.3 Å². The fourth-order valence-electron chi connectivity index (χ4n) is 1.37. The molecule has 2 aromatic rings. The third-order valence-corrected chi connectivity index (χ3v) is 4.36. The third kappa shape index (κ3) is 3.98. The molecule has 0 saturated carbocycles. The maximum absolute atomic E-state index is 13.8. The predicted octanol–water partition coefficient (Wildman–Crippen LogP) is 1.21. The number of aliphatic hydroxyl groups excluding tert-OH is 1. The molecule has 0 aliphatic carbocycles. The van der Waals surface area contributed by atoms with Crippen LogP contribution in [0.4, 0.5) is 9.52 Å². The van der Waals surface area contributed by atoms with Gasteiger partial charge in [0.15, 0.2) is 0 Å². The van der Waals surface area contributed by atoms with E-state index in [-0.39, 0.29) is 28.6 Å². The topological polar surface area (TPSA) is 92.2 Å². The van der Waals surface area contributed by atoms with Gasteiger partial charge in [0, 0.05) is 6.42 Å². The van der Waals surface area contributed by atoms with Crippen molar-refractivity contribution >= 4 is 26.5 Å². The summed E-state index contributed by atoms with van der Waals surface area (Å²) in [4.78, 5) is -0.233. The van der Waals surface area contributed by atoms with Gasteiger partial charge >= 0.3 is 0 Å². The lowest BCUT2D eigenvalue weighted by molar-refractivity contribution is 0.305. The van der Waals surface area contributed by atoms with Gasteiger partial charge in [-0.3, -0.25) is 4.72 Å². The highest BCUT2D eigenvalue weighted by atomic mass is 32.2. The Kier molecular flexibility index (Phi) is 4.85. The molecule has 0 atom stereocenters. The van der Waals surface area contributed by atoms with Crippen molar-refractivity contribution < 1.29 is 17.9 Å². The number of rotatable bonds is 4. The average molecular weight is 327 g/mol. The van der Waals surface area contributed by atoms with Crippen LogP contribution in [0.5, 0.6) is 0 Å². The van der Waals surface area contributed by atoms with Crippen molar-refractivity contribution in [2.24, 2.45) is 0 Å². The number of sulfonamides is 1. The minimum absolute atomic E-state index is 0.0679. The summed E-state index contributed by atoms with van der Waals surface area (Å²) in [5.41, 5.74) is 1.44. The first-order chi connectivity index (χ1) is 10.0. The SMILES string of the molecule is O=S(=O)(Nc1nncs1)c1ccc(C#CCCO)c(F)c1. The quantitative estimate of drug-likeness (QED) is 0.824. The first kappa shape index (κ1) is 15.4. The Morgan fingerprint density at radius 1 is 1.43 bits per heavy atom. The number of aromatic nitrogens is 2. The molecule has 0 unspecified atom stereocenters. The van der Waals surface area contributed by atoms with Crippen LogP contribution in [-0.2, 0) is 10.0 Å². The van der Waals surface area contributed by atoms with E-state index in [1.807, 2.05) is 0 Å². The van der Waals surface area contributed by atoms with Crippen molar-refractivity contribution in [1.29, 1.82) is 0 Å². The lowest BCUT2D eigenvalue weighted by atomic mass is 10.2. The molecule has 0 aliphatic rings. The first-order valence-electron chi connectivity index (χ1n) is 5.71. The molecule has 6 nitrogen and oxygen atoms in total. The number of aliphatic hydroxyl groups is 1. The van der Waals surface area contributed by atoms with Crippen molar-refractivity contribution in [1.82, 2.24) is 10.2 Å². The van der Waals surface area contributed by atoms with Gasteiger partial charge < -0.3 is 5.11 Å². The molecule has 0 amide bonds. The molecule has 1 aromatic carbocycles. The Morgan fingerprint density at radius 2 is 2.24 bits per heavy atom. The highest BCUT2D eigenvalue weighted by molar-refractivity contribution is 7.93. The number of nitrogens with zero attached hydrogens (tertiary/aromatic N) is 2. The average Bonchev–Trinajstić information content (AvgIpc) is 2.93. The molecule has 1 aromatic heterocycles. The van der Waals surface area contributed by atoms with E-state index in [0.29, 0.717) is 0 Å². The smallest absolute Gasteiger partial charge is 0.263 e. The zero-order valence-corrected chi connectivity index (χ0v) is 12.2. The van der Waals surface area contributed by atoms with E-state index in [4.69, 9.17) is 5.11 Å². The number of benzene rings is 1. The van der Waals surface area contributed by atoms with E-state index in [1.54, 1.807) is 0 Å². The van der Waals surface area contributed by atoms with Crippen LogP contribution in [0, 0.1) is 17.7 Å². The molecular weight excluding hydrogens is 317 g/mol. The van der Waals surface area contributed by atoms with E-state index in [9.17, 15) is 12.8 Å². The highest BCUT2D eigenvalue weighted by Crippen LogP contribution is 2.19. The van der Waals surface area contributed by atoms with Crippen LogP contribution in [0.3, 0.4) is 0 Å². The molecule has 9 heteroatoms. The molecule has 0 spiro atoms. The highest BCUT2D eigenvalue weighted by Gasteiger charge is 2.17. The summed E-state index contributed by atoms with van der Waals surface area (Å²) in [5, 5.41) is 15.7. The predicted molar refractivity (Wildman–Crippen MR) is 75.7 cm³/mol. The lowest BCUT2D eigenvalue weighted by Gasteiger charge is -2.05. The van der Waals surface area contributed by atoms with Crippen molar-refractivity contribution in [3.63, 3.8) is 0 Å². The molecule has 0 saturated heterocycles. The summed E-state index contributed by atoms with van der Waals surface area (Å²) in [5.74, 6) is 4.33. The molecule has 0 aliphatic heterocycles. The third-order valence-electron chi connectivity index (χ3n) is 2.29. The van der Waals surface area contributed by atoms with E-state index in [2.05, 4.69) is 26.8 Å². The maximum Gasteiger partial charge on any atom is 0.263 e. The van der Waals surface area contributed by atoms with Gasteiger partial charge in [0.1, 0.15) is 11.3 Å². The second-order valence-electron chi connectivity index (χ2n) is 3.77. The summed E-state index contributed by atoms with van der Waals surface area (Å²) >= 11 is 1.01. The van der Waals surface area contributed by atoms with Crippen molar-refractivity contribution in [2.45, 2.75) is 11.3 Å². The van der Waals surface area contributed by atoms with Gasteiger partial charge in [-0.25, -0.2) is 12.8 Å². The van der Waals surface area contributed by atoms with E-state index in [0.717, 1.165) is 17.4 Å². The summed E-state index contributed by atoms with van der Waals surface area (Å²) in [6, 6.07) is 3.40. The molecule has 0 fully saturated rings. The van der Waals surface area contributed by atoms with Crippen LogP contribution < -0.4 is 4.72 Å². The number of anilines is 1.